The minimum atomic E-state index is -4.55. The highest BCUT2D eigenvalue weighted by Gasteiger charge is 2.36. The minimum Gasteiger partial charge on any atom is -0.391 e. The molecule has 1 aliphatic heterocycles. The van der Waals surface area contributed by atoms with Gasteiger partial charge in [0.1, 0.15) is 17.6 Å². The van der Waals surface area contributed by atoms with Gasteiger partial charge < -0.3 is 10.0 Å². The molecule has 4 nitrogen and oxygen atoms in total. The second-order valence-corrected chi connectivity index (χ2v) is 4.82. The van der Waals surface area contributed by atoms with Crippen molar-refractivity contribution in [2.75, 3.05) is 18.0 Å². The maximum Gasteiger partial charge on any atom is 0.433 e. The average Bonchev–Trinajstić information content (AvgIpc) is 2.78. The largest absolute Gasteiger partial charge is 0.433 e. The lowest BCUT2D eigenvalue weighted by Gasteiger charge is -2.19. The fourth-order valence-electron chi connectivity index (χ4n) is 2.36. The Bertz CT molecular complexity index is 539. The Hall–Kier alpha value is -1.81. The Morgan fingerprint density at radius 2 is 2.15 bits per heavy atom. The van der Waals surface area contributed by atoms with E-state index in [-0.39, 0.29) is 23.8 Å². The van der Waals surface area contributed by atoms with Crippen molar-refractivity contribution in [2.45, 2.75) is 25.6 Å². The van der Waals surface area contributed by atoms with Gasteiger partial charge in [-0.25, -0.2) is 4.98 Å². The van der Waals surface area contributed by atoms with Gasteiger partial charge in [-0.2, -0.15) is 18.4 Å². The first-order valence-corrected chi connectivity index (χ1v) is 6.28. The van der Waals surface area contributed by atoms with E-state index in [2.05, 4.69) is 4.98 Å². The van der Waals surface area contributed by atoms with E-state index < -0.39 is 18.0 Å². The van der Waals surface area contributed by atoms with Crippen molar-refractivity contribution in [3.8, 4) is 6.07 Å². The number of halogens is 3. The molecule has 1 fully saturated rings. The van der Waals surface area contributed by atoms with Crippen molar-refractivity contribution >= 4 is 5.82 Å². The van der Waals surface area contributed by atoms with Gasteiger partial charge in [0.05, 0.1) is 11.7 Å². The SMILES string of the molecule is CC[C@H]1CN(c2nc(C(F)(F)F)ccc2C#N)C[C@H]1O. The smallest absolute Gasteiger partial charge is 0.391 e. The number of aromatic nitrogens is 1. The molecule has 0 radical (unpaired) electrons. The summed E-state index contributed by atoms with van der Waals surface area (Å²) in [5, 5.41) is 18.8. The van der Waals surface area contributed by atoms with Crippen molar-refractivity contribution in [1.82, 2.24) is 4.98 Å². The van der Waals surface area contributed by atoms with Gasteiger partial charge in [-0.15, -0.1) is 0 Å². The predicted molar refractivity (Wildman–Crippen MR) is 66.0 cm³/mol. The third-order valence-electron chi connectivity index (χ3n) is 3.52. The molecule has 1 saturated heterocycles. The third-order valence-corrected chi connectivity index (χ3v) is 3.52. The quantitative estimate of drug-likeness (QED) is 0.904. The molecule has 2 atom stereocenters. The van der Waals surface area contributed by atoms with Gasteiger partial charge in [0, 0.05) is 19.0 Å². The summed E-state index contributed by atoms with van der Waals surface area (Å²) in [6.45, 7) is 2.50. The van der Waals surface area contributed by atoms with Crippen LogP contribution in [0.1, 0.15) is 24.6 Å². The standard InChI is InChI=1S/C13H14F3N3O/c1-2-8-6-19(7-10(8)20)12-9(5-17)3-4-11(18-12)13(14,15)16/h3-4,8,10,20H,2,6-7H2,1H3/t8-,10+/m0/s1. The lowest BCUT2D eigenvalue weighted by atomic mass is 10.0. The van der Waals surface area contributed by atoms with Crippen LogP contribution in [0.25, 0.3) is 0 Å². The number of anilines is 1. The molecule has 1 aromatic rings. The Labute approximate surface area is 114 Å². The summed E-state index contributed by atoms with van der Waals surface area (Å²) in [5.41, 5.74) is -0.942. The molecule has 108 valence electrons. The highest BCUT2D eigenvalue weighted by atomic mass is 19.4. The molecule has 0 unspecified atom stereocenters. The monoisotopic (exact) mass is 285 g/mol. The van der Waals surface area contributed by atoms with Crippen molar-refractivity contribution in [3.05, 3.63) is 23.4 Å². The van der Waals surface area contributed by atoms with Crippen LogP contribution in [-0.4, -0.2) is 29.3 Å². The maximum atomic E-state index is 12.7. The zero-order chi connectivity index (χ0) is 14.9. The Morgan fingerprint density at radius 3 is 2.65 bits per heavy atom. The van der Waals surface area contributed by atoms with Crippen LogP contribution in [0.2, 0.25) is 0 Å². The van der Waals surface area contributed by atoms with E-state index in [1.807, 2.05) is 13.0 Å². The van der Waals surface area contributed by atoms with E-state index in [0.29, 0.717) is 6.54 Å². The Kier molecular flexibility index (Phi) is 3.86. The van der Waals surface area contributed by atoms with Crippen LogP contribution < -0.4 is 4.90 Å². The maximum absolute atomic E-state index is 12.7. The van der Waals surface area contributed by atoms with E-state index in [4.69, 9.17) is 5.26 Å². The third kappa shape index (κ3) is 2.70. The van der Waals surface area contributed by atoms with E-state index in [0.717, 1.165) is 18.6 Å². The van der Waals surface area contributed by atoms with Crippen LogP contribution >= 0.6 is 0 Å². The van der Waals surface area contributed by atoms with Crippen LogP contribution in [0.4, 0.5) is 19.0 Å². The molecule has 0 amide bonds. The van der Waals surface area contributed by atoms with Crippen LogP contribution in [-0.2, 0) is 6.18 Å². The van der Waals surface area contributed by atoms with Gasteiger partial charge >= 0.3 is 6.18 Å². The van der Waals surface area contributed by atoms with Crippen LogP contribution in [0.5, 0.6) is 0 Å². The topological polar surface area (TPSA) is 60.2 Å². The number of hydrogen-bond donors (Lipinski definition) is 1. The molecule has 20 heavy (non-hydrogen) atoms. The first-order chi connectivity index (χ1) is 9.36. The second kappa shape index (κ2) is 5.29. The highest BCUT2D eigenvalue weighted by molar-refractivity contribution is 5.55. The van der Waals surface area contributed by atoms with Crippen molar-refractivity contribution in [3.63, 3.8) is 0 Å². The molecule has 7 heteroatoms. The number of nitriles is 1. The Morgan fingerprint density at radius 1 is 1.45 bits per heavy atom. The first kappa shape index (κ1) is 14.6. The predicted octanol–water partition coefficient (Wildman–Crippen LogP) is 2.18. The van der Waals surface area contributed by atoms with Crippen molar-refractivity contribution in [2.24, 2.45) is 5.92 Å². The van der Waals surface area contributed by atoms with Gasteiger partial charge in [-0.3, -0.25) is 0 Å². The minimum absolute atomic E-state index is 0.00248. The molecule has 0 aromatic carbocycles. The fourth-order valence-corrected chi connectivity index (χ4v) is 2.36. The molecular weight excluding hydrogens is 271 g/mol. The lowest BCUT2D eigenvalue weighted by Crippen LogP contribution is -2.24. The summed E-state index contributed by atoms with van der Waals surface area (Å²) < 4.78 is 38.1. The summed E-state index contributed by atoms with van der Waals surface area (Å²) in [6, 6.07) is 3.76. The van der Waals surface area contributed by atoms with Gasteiger partial charge in [0.25, 0.3) is 0 Å². The molecule has 1 aliphatic rings. The number of β-amino-alcohol motifs (C(OH)–C–C–N with tert-alkyl or cyclic N) is 1. The average molecular weight is 285 g/mol. The number of aliphatic hydroxyl groups excluding tert-OH is 1. The molecule has 0 spiro atoms. The number of aliphatic hydroxyl groups is 1. The molecular formula is C13H14F3N3O. The lowest BCUT2D eigenvalue weighted by molar-refractivity contribution is -0.141. The zero-order valence-electron chi connectivity index (χ0n) is 10.9. The summed E-state index contributed by atoms with van der Waals surface area (Å²) in [7, 11) is 0. The number of rotatable bonds is 2. The van der Waals surface area contributed by atoms with E-state index in [1.165, 1.54) is 0 Å². The summed E-state index contributed by atoms with van der Waals surface area (Å²) in [6.07, 6.45) is -4.44. The number of alkyl halides is 3. The van der Waals surface area contributed by atoms with Gasteiger partial charge in [-0.05, 0) is 18.6 Å². The first-order valence-electron chi connectivity index (χ1n) is 6.28. The van der Waals surface area contributed by atoms with Crippen LogP contribution in [0.15, 0.2) is 12.1 Å². The molecule has 2 heterocycles. The van der Waals surface area contributed by atoms with E-state index in [1.54, 1.807) is 4.90 Å². The van der Waals surface area contributed by atoms with Crippen LogP contribution in [0.3, 0.4) is 0 Å². The summed E-state index contributed by atoms with van der Waals surface area (Å²) >= 11 is 0. The molecule has 1 N–H and O–H groups in total. The molecule has 0 aliphatic carbocycles. The van der Waals surface area contributed by atoms with E-state index in [9.17, 15) is 18.3 Å². The zero-order valence-corrected chi connectivity index (χ0v) is 10.9. The highest BCUT2D eigenvalue weighted by Crippen LogP contribution is 2.32. The van der Waals surface area contributed by atoms with Gasteiger partial charge in [0.15, 0.2) is 0 Å². The normalized spacial score (nSPS) is 22.9. The molecule has 1 aromatic heterocycles. The van der Waals surface area contributed by atoms with Crippen molar-refractivity contribution in [1.29, 1.82) is 5.26 Å². The summed E-state index contributed by atoms with van der Waals surface area (Å²) in [4.78, 5) is 5.12. The molecule has 0 saturated carbocycles. The van der Waals surface area contributed by atoms with Crippen molar-refractivity contribution < 1.29 is 18.3 Å². The number of hydrogen-bond acceptors (Lipinski definition) is 4. The second-order valence-electron chi connectivity index (χ2n) is 4.82. The van der Waals surface area contributed by atoms with Gasteiger partial charge in [-0.1, -0.05) is 6.92 Å². The van der Waals surface area contributed by atoms with Gasteiger partial charge in [0.2, 0.25) is 0 Å². The van der Waals surface area contributed by atoms with E-state index >= 15 is 0 Å². The summed E-state index contributed by atoms with van der Waals surface area (Å²) in [5.74, 6) is -0.0183. The number of nitrogens with zero attached hydrogens (tertiary/aromatic N) is 3. The number of pyridine rings is 1. The van der Waals surface area contributed by atoms with Crippen LogP contribution in [0, 0.1) is 17.2 Å². The fraction of sp³-hybridized carbons (Fsp3) is 0.538. The Balaban J connectivity index is 2.38. The molecule has 0 bridgehead atoms. The molecule has 2 rings (SSSR count).